The van der Waals surface area contributed by atoms with Gasteiger partial charge in [-0.3, -0.25) is 0 Å². The minimum atomic E-state index is -0.0539. The second-order valence-electron chi connectivity index (χ2n) is 8.29. The van der Waals surface area contributed by atoms with Gasteiger partial charge in [-0.25, -0.2) is 0 Å². The molecular weight excluding hydrogens is 364 g/mol. The number of thiocarbonyl (C=S) groups is 1. The second-order valence-corrected chi connectivity index (χ2v) is 8.69. The topological polar surface area (TPSA) is 33.3 Å². The summed E-state index contributed by atoms with van der Waals surface area (Å²) < 4.78 is 6.05. The zero-order valence-electron chi connectivity index (χ0n) is 16.7. The Bertz CT molecular complexity index is 806. The van der Waals surface area contributed by atoms with Gasteiger partial charge in [-0.15, -0.1) is 0 Å². The van der Waals surface area contributed by atoms with Crippen LogP contribution in [-0.2, 0) is 5.54 Å². The number of hydrogen-bond acceptors (Lipinski definition) is 2. The van der Waals surface area contributed by atoms with Gasteiger partial charge >= 0.3 is 0 Å². The quantitative estimate of drug-likeness (QED) is 0.603. The molecule has 0 aromatic heterocycles. The van der Waals surface area contributed by atoms with Crippen LogP contribution in [0.2, 0.25) is 0 Å². The standard InChI is InChI=1S/C24H30N2OS/c1-18-7-6-8-19(17-18)24(15-4-5-16-24)26-23(28)25-20-11-13-22(14-12-20)27-21-9-2-3-10-21/h6-8,11-14,17,21H,2-5,9-10,15-16H2,1H3,(H2,25,26,28). The van der Waals surface area contributed by atoms with Crippen molar-refractivity contribution in [2.45, 2.75) is 69.9 Å². The lowest BCUT2D eigenvalue weighted by Crippen LogP contribution is -2.45. The van der Waals surface area contributed by atoms with Gasteiger partial charge in [0.25, 0.3) is 0 Å². The maximum atomic E-state index is 6.05. The van der Waals surface area contributed by atoms with E-state index >= 15 is 0 Å². The molecule has 0 amide bonds. The lowest BCUT2D eigenvalue weighted by Gasteiger charge is -2.33. The van der Waals surface area contributed by atoms with Crippen molar-refractivity contribution in [3.63, 3.8) is 0 Å². The van der Waals surface area contributed by atoms with Crippen molar-refractivity contribution in [3.05, 3.63) is 59.7 Å². The third kappa shape index (κ3) is 4.49. The zero-order valence-corrected chi connectivity index (χ0v) is 17.5. The summed E-state index contributed by atoms with van der Waals surface area (Å²) in [6, 6.07) is 17.0. The van der Waals surface area contributed by atoms with Crippen molar-refractivity contribution in [1.29, 1.82) is 0 Å². The van der Waals surface area contributed by atoms with Crippen molar-refractivity contribution >= 4 is 23.0 Å². The molecule has 2 aromatic rings. The van der Waals surface area contributed by atoms with Gasteiger partial charge in [0, 0.05) is 5.69 Å². The summed E-state index contributed by atoms with van der Waals surface area (Å²) in [5, 5.41) is 7.70. The predicted molar refractivity (Wildman–Crippen MR) is 120 cm³/mol. The van der Waals surface area contributed by atoms with E-state index < -0.39 is 0 Å². The molecule has 0 aliphatic heterocycles. The highest BCUT2D eigenvalue weighted by Gasteiger charge is 2.36. The summed E-state index contributed by atoms with van der Waals surface area (Å²) in [6.45, 7) is 2.15. The van der Waals surface area contributed by atoms with Crippen LogP contribution < -0.4 is 15.4 Å². The van der Waals surface area contributed by atoms with Crippen LogP contribution in [0.5, 0.6) is 5.75 Å². The van der Waals surface area contributed by atoms with E-state index in [-0.39, 0.29) is 5.54 Å². The first-order chi connectivity index (χ1) is 13.6. The van der Waals surface area contributed by atoms with E-state index in [2.05, 4.69) is 41.8 Å². The highest BCUT2D eigenvalue weighted by molar-refractivity contribution is 7.80. The monoisotopic (exact) mass is 394 g/mol. The molecule has 2 fully saturated rings. The molecule has 4 rings (SSSR count). The number of ether oxygens (including phenoxy) is 1. The van der Waals surface area contributed by atoms with Gasteiger partial charge in [-0.1, -0.05) is 42.7 Å². The van der Waals surface area contributed by atoms with Crippen LogP contribution in [0, 0.1) is 6.92 Å². The maximum Gasteiger partial charge on any atom is 0.171 e. The number of hydrogen-bond donors (Lipinski definition) is 2. The smallest absolute Gasteiger partial charge is 0.171 e. The Kier molecular flexibility index (Phi) is 5.86. The number of benzene rings is 2. The largest absolute Gasteiger partial charge is 0.490 e. The normalized spacial score (nSPS) is 18.8. The van der Waals surface area contributed by atoms with Crippen molar-refractivity contribution in [2.24, 2.45) is 0 Å². The van der Waals surface area contributed by atoms with E-state index in [1.54, 1.807) is 0 Å². The molecule has 148 valence electrons. The van der Waals surface area contributed by atoms with Crippen LogP contribution in [0.15, 0.2) is 48.5 Å². The first-order valence-electron chi connectivity index (χ1n) is 10.6. The Labute approximate surface area is 173 Å². The second kappa shape index (κ2) is 8.52. The van der Waals surface area contributed by atoms with Crippen LogP contribution in [0.25, 0.3) is 0 Å². The predicted octanol–water partition coefficient (Wildman–Crippen LogP) is 6.07. The Hall–Kier alpha value is -2.07. The highest BCUT2D eigenvalue weighted by Crippen LogP contribution is 2.39. The van der Waals surface area contributed by atoms with Crippen LogP contribution in [0.3, 0.4) is 0 Å². The average molecular weight is 395 g/mol. The summed E-state index contributed by atoms with van der Waals surface area (Å²) in [6.07, 6.45) is 10.0. The van der Waals surface area contributed by atoms with Gasteiger partial charge in [-0.2, -0.15) is 0 Å². The minimum Gasteiger partial charge on any atom is -0.490 e. The summed E-state index contributed by atoms with van der Waals surface area (Å²) in [5.41, 5.74) is 3.58. The molecule has 0 heterocycles. The van der Waals surface area contributed by atoms with Crippen LogP contribution in [0.1, 0.15) is 62.5 Å². The molecule has 2 aliphatic rings. The SMILES string of the molecule is Cc1cccc(C2(NC(=S)Nc3ccc(OC4CCCC4)cc3)CCCC2)c1. The molecule has 2 saturated carbocycles. The molecule has 28 heavy (non-hydrogen) atoms. The van der Waals surface area contributed by atoms with Gasteiger partial charge in [0.1, 0.15) is 5.75 Å². The van der Waals surface area contributed by atoms with E-state index in [1.165, 1.54) is 49.7 Å². The molecule has 3 nitrogen and oxygen atoms in total. The summed E-state index contributed by atoms with van der Waals surface area (Å²) >= 11 is 5.67. The van der Waals surface area contributed by atoms with Gasteiger partial charge in [0.15, 0.2) is 5.11 Å². The van der Waals surface area contributed by atoms with E-state index in [0.717, 1.165) is 24.3 Å². The van der Waals surface area contributed by atoms with Gasteiger partial charge in [-0.05, 0) is 87.5 Å². The molecule has 0 atom stereocenters. The molecule has 0 radical (unpaired) electrons. The molecule has 4 heteroatoms. The van der Waals surface area contributed by atoms with Crippen molar-refractivity contribution in [2.75, 3.05) is 5.32 Å². The molecule has 2 aromatic carbocycles. The maximum absolute atomic E-state index is 6.05. The number of anilines is 1. The summed E-state index contributed by atoms with van der Waals surface area (Å²) in [5.74, 6) is 0.948. The van der Waals surface area contributed by atoms with Crippen molar-refractivity contribution < 1.29 is 4.74 Å². The fraction of sp³-hybridized carbons (Fsp3) is 0.458. The summed E-state index contributed by atoms with van der Waals surface area (Å²) in [7, 11) is 0. The van der Waals surface area contributed by atoms with E-state index in [1.807, 2.05) is 24.3 Å². The molecule has 0 spiro atoms. The van der Waals surface area contributed by atoms with Crippen LogP contribution in [0.4, 0.5) is 5.69 Å². The Morgan fingerprint density at radius 3 is 2.39 bits per heavy atom. The fourth-order valence-corrected chi connectivity index (χ4v) is 4.92. The van der Waals surface area contributed by atoms with Gasteiger partial charge in [0.05, 0.1) is 11.6 Å². The lowest BCUT2D eigenvalue weighted by atomic mass is 9.87. The molecule has 0 unspecified atom stereocenters. The molecule has 2 aliphatic carbocycles. The van der Waals surface area contributed by atoms with E-state index in [9.17, 15) is 0 Å². The Morgan fingerprint density at radius 1 is 1.00 bits per heavy atom. The van der Waals surface area contributed by atoms with E-state index in [0.29, 0.717) is 11.2 Å². The third-order valence-corrected chi connectivity index (χ3v) is 6.30. The number of aryl methyl sites for hydroxylation is 1. The number of rotatable bonds is 5. The molecule has 0 bridgehead atoms. The fourth-order valence-electron chi connectivity index (χ4n) is 4.60. The van der Waals surface area contributed by atoms with E-state index in [4.69, 9.17) is 17.0 Å². The average Bonchev–Trinajstić information content (AvgIpc) is 3.36. The van der Waals surface area contributed by atoms with Crippen LogP contribution in [-0.4, -0.2) is 11.2 Å². The first-order valence-corrected chi connectivity index (χ1v) is 11.0. The molecule has 0 saturated heterocycles. The molecule has 2 N–H and O–H groups in total. The van der Waals surface area contributed by atoms with Crippen molar-refractivity contribution in [1.82, 2.24) is 5.32 Å². The lowest BCUT2D eigenvalue weighted by molar-refractivity contribution is 0.210. The minimum absolute atomic E-state index is 0.0539. The number of nitrogens with one attached hydrogen (secondary N) is 2. The first kappa shape index (κ1) is 19.3. The van der Waals surface area contributed by atoms with Crippen LogP contribution >= 0.6 is 12.2 Å². The Morgan fingerprint density at radius 2 is 1.71 bits per heavy atom. The van der Waals surface area contributed by atoms with Crippen molar-refractivity contribution in [3.8, 4) is 5.75 Å². The zero-order chi connectivity index (χ0) is 19.4. The third-order valence-electron chi connectivity index (χ3n) is 6.10. The Balaban J connectivity index is 1.40. The highest BCUT2D eigenvalue weighted by atomic mass is 32.1. The van der Waals surface area contributed by atoms with Gasteiger partial charge in [0.2, 0.25) is 0 Å². The molecular formula is C24H30N2OS. The van der Waals surface area contributed by atoms with Gasteiger partial charge < -0.3 is 15.4 Å². The summed E-state index contributed by atoms with van der Waals surface area (Å²) in [4.78, 5) is 0.